The van der Waals surface area contributed by atoms with Crippen LogP contribution in [0.5, 0.6) is 0 Å². The molecule has 10 aromatic rings. The van der Waals surface area contributed by atoms with Crippen molar-refractivity contribution < 1.29 is 71.3 Å². The fourth-order valence-corrected chi connectivity index (χ4v) is 13.2. The first kappa shape index (κ1) is 121. The van der Waals surface area contributed by atoms with Crippen LogP contribution in [0.1, 0.15) is 78.3 Å². The molecule has 0 saturated heterocycles. The van der Waals surface area contributed by atoms with Gasteiger partial charge < -0.3 is 36.3 Å². The molecule has 0 aliphatic heterocycles. The summed E-state index contributed by atoms with van der Waals surface area (Å²) in [5.74, 6) is -1.19. The van der Waals surface area contributed by atoms with Crippen LogP contribution in [0.4, 0.5) is 79.7 Å². The summed E-state index contributed by atoms with van der Waals surface area (Å²) in [6.07, 6.45) is -27.1. The van der Waals surface area contributed by atoms with Crippen LogP contribution >= 0.6 is 51.7 Å². The van der Waals surface area contributed by atoms with Crippen molar-refractivity contribution in [1.29, 1.82) is 5.26 Å². The molecule has 4 aromatic carbocycles. The number of nitriles is 1. The molecule has 19 nitrogen and oxygen atoms in total. The predicted octanol–water partition coefficient (Wildman–Crippen LogP) is 5.14. The molecule has 0 saturated carbocycles. The van der Waals surface area contributed by atoms with Crippen molar-refractivity contribution in [3.05, 3.63) is 188 Å². The predicted molar refractivity (Wildman–Crippen MR) is 532 cm³/mol. The Labute approximate surface area is 775 Å². The maximum atomic E-state index is 13.0. The van der Waals surface area contributed by atoms with E-state index in [1.165, 1.54) is 81.4 Å². The summed E-state index contributed by atoms with van der Waals surface area (Å²) in [4.78, 5) is 27.0. The molecule has 32 radical (unpaired) electrons. The molecule has 10 rings (SSSR count). The summed E-state index contributed by atoms with van der Waals surface area (Å²) in [6, 6.07) is 24.4. The van der Waals surface area contributed by atoms with Gasteiger partial charge in [0.1, 0.15) is 11.9 Å². The number of nitrogens with one attached hydrogen (secondary N) is 5. The molecule has 9 N–H and O–H groups in total. The number of methoxy groups -OCH3 is 1. The zero-order valence-electron chi connectivity index (χ0n) is 65.3. The highest BCUT2D eigenvalue weighted by Crippen LogP contribution is 2.40. The SMILES string of the molecule is C.C.C.C.CCOC.CCOC(CBr)OCC.FC(F)(F)c1cccc2[nH]nc(Nc3nccs3)c12.N#Cc1c(F)cccc1C(F)(F)F.NC(=S)Nc1n[nH]c2cccc(C(F)(F)F)c12.Nc1n[nH]c2cccc(C(F)(F)F)c12.O=c1ccccn1C(=S)n1ccccc1=O.[B]B([B])B(B([B])[B])B(B(B([B])[B])B([B])[B])B(B(B([B])[B])B([B])[B])B(B([B])[B])B([B])[B]. The lowest BCUT2D eigenvalue weighted by Gasteiger charge is -2.50. The monoisotopic (exact) mass is 1820 g/mol. The van der Waals surface area contributed by atoms with Gasteiger partial charge in [0.15, 0.2) is 39.1 Å². The Kier molecular flexibility index (Phi) is 55.1. The molecule has 0 unspecified atom stereocenters. The molecule has 6 aromatic heterocycles. The van der Waals surface area contributed by atoms with Gasteiger partial charge >= 0.3 is 24.7 Å². The Morgan fingerprint density at radius 3 is 1.16 bits per heavy atom. The summed E-state index contributed by atoms with van der Waals surface area (Å²) >= 11 is 14.2. The minimum atomic E-state index is -4.69. The number of ether oxygens (including phenoxy) is 3. The maximum Gasteiger partial charge on any atom is 0.417 e. The van der Waals surface area contributed by atoms with Gasteiger partial charge in [-0.25, -0.2) is 9.37 Å². The fourth-order valence-electron chi connectivity index (χ4n) is 11.9. The number of aromatic amines is 3. The van der Waals surface area contributed by atoms with Gasteiger partial charge in [-0.15, -0.1) is 11.3 Å². The van der Waals surface area contributed by atoms with Crippen LogP contribution < -0.4 is 33.2 Å². The average Bonchev–Trinajstić information content (AvgIpc) is 0.982. The van der Waals surface area contributed by atoms with Crippen molar-refractivity contribution in [3.63, 3.8) is 0 Å². The van der Waals surface area contributed by atoms with Crippen LogP contribution in [0.15, 0.2) is 143 Å². The second-order valence-corrected chi connectivity index (χ2v) is 27.8. The number of H-pyrrole nitrogens is 3. The van der Waals surface area contributed by atoms with E-state index in [0.29, 0.717) is 29.9 Å². The summed E-state index contributed by atoms with van der Waals surface area (Å²) in [5.41, 5.74) is 6.43. The lowest BCUT2D eigenvalue weighted by molar-refractivity contribution is -0.138. The number of pyridine rings is 2. The van der Waals surface area contributed by atoms with Crippen molar-refractivity contribution in [2.24, 2.45) is 5.73 Å². The molecule has 0 aliphatic carbocycles. The third kappa shape index (κ3) is 36.4. The van der Waals surface area contributed by atoms with Crippen LogP contribution in [0.2, 0.25) is 0 Å². The third-order valence-corrected chi connectivity index (χ3v) is 18.7. The standard InChI is InChI=1S/C11H7F3N4S.C11H8N2O2S.C9H7F3N4S.C8H3F4N.C8H6F3N3.C6H13BrO2.C3H8O.4CH4.B30/c12-11(13,14)6-2-1-3-7-8(6)9(18-17-7)16-10-15-4-5-19-10;14-9-5-1-3-7-12(9)11(16)13-8-4-2-6-10(13)15;10-9(11,12)4-2-1-3-5-6(4)7(16-15-5)14-8(13)17;9-7-3-1-2-6(5(7)4-13)8(10,11)12;9-8(10,11)4-2-1-3-5-6(4)7(12)14-13-5;1-3-8-6(5-7)9-4-2;1-3-4-2;;;;;1-17(2)25(18(3)4)29(26(19(5)6)20(7)8)30(27(21(9)10)22(11)12)28(23(13)14)24(15)16/h1-5H,(H2,15,16,17,18);1-8H;1-3H,(H4,13,14,15,16,17);1-3H;1-3H,(H3,12,13,14);6H,3-5H2,1-2H3;3H2,1-2H3;4*1H4;. The summed E-state index contributed by atoms with van der Waals surface area (Å²) in [5, 5.41) is 34.9. The first-order valence-electron chi connectivity index (χ1n) is 35.6. The Morgan fingerprint density at radius 1 is 0.524 bits per heavy atom. The van der Waals surface area contributed by atoms with Crippen LogP contribution in [0, 0.1) is 17.1 Å². The van der Waals surface area contributed by atoms with E-state index in [0.717, 1.165) is 42.3 Å². The first-order chi connectivity index (χ1) is 56.9. The van der Waals surface area contributed by atoms with Crippen molar-refractivity contribution >= 4 is 330 Å². The number of thiazole rings is 1. The molecule has 126 heavy (non-hydrogen) atoms. The smallest absolute Gasteiger partial charge is 0.385 e. The Morgan fingerprint density at radius 2 is 0.857 bits per heavy atom. The van der Waals surface area contributed by atoms with Gasteiger partial charge in [-0.05, 0) is 106 Å². The number of fused-ring (bicyclic) bond motifs is 3. The van der Waals surface area contributed by atoms with Gasteiger partial charge in [0, 0.05) is 276 Å². The largest absolute Gasteiger partial charge is 0.417 e. The molecule has 614 valence electrons. The highest BCUT2D eigenvalue weighted by atomic mass is 79.9. The Hall–Kier alpha value is -6.91. The van der Waals surface area contributed by atoms with E-state index in [1.807, 2.05) is 20.8 Å². The highest BCUT2D eigenvalue weighted by Gasteiger charge is 2.53. The van der Waals surface area contributed by atoms with E-state index in [9.17, 15) is 66.7 Å². The quantitative estimate of drug-likeness (QED) is 0.0152. The number of thiocarbonyl (C=S) groups is 2. The van der Waals surface area contributed by atoms with Crippen molar-refractivity contribution in [2.75, 3.05) is 48.6 Å². The zero-order chi connectivity index (χ0) is 92.6. The number of aromatic nitrogens is 9. The van der Waals surface area contributed by atoms with Gasteiger partial charge in [-0.1, -0.05) is 82.0 Å². The molecular weight excluding hydrogens is 1740 g/mol. The normalized spacial score (nSPS) is 10.4. The zero-order valence-corrected chi connectivity index (χ0v) is 69.3. The van der Waals surface area contributed by atoms with Crippen molar-refractivity contribution in [3.8, 4) is 6.07 Å². The van der Waals surface area contributed by atoms with Crippen LogP contribution in [0.25, 0.3) is 32.7 Å². The van der Waals surface area contributed by atoms with Gasteiger partial charge in [0.2, 0.25) is 0 Å². The number of hydrogen-bond donors (Lipinski definition) is 7. The van der Waals surface area contributed by atoms with Gasteiger partial charge in [-0.3, -0.25) is 34.0 Å². The lowest BCUT2D eigenvalue weighted by atomic mass is 8.31. The minimum Gasteiger partial charge on any atom is -0.385 e. The number of benzene rings is 4. The second-order valence-electron chi connectivity index (χ2n) is 25.4. The number of anilines is 4. The molecule has 0 spiro atoms. The number of nitrogens with zero attached hydrogens (tertiary/aromatic N) is 7. The van der Waals surface area contributed by atoms with Gasteiger partial charge in [0.25, 0.3) is 11.1 Å². The molecule has 0 bridgehead atoms. The number of hydrogen-bond acceptors (Lipinski definition) is 15. The molecule has 6 heterocycles. The van der Waals surface area contributed by atoms with E-state index in [4.69, 9.17) is 162 Å². The third-order valence-electron chi connectivity index (χ3n) is 17.0. The summed E-state index contributed by atoms with van der Waals surface area (Å²) < 4.78 is 181. The fraction of sp³-hybridized carbons (Fsp3) is 0.283. The minimum absolute atomic E-state index is 0. The first-order valence-corrected chi connectivity index (χ1v) is 38.4. The topological polar surface area (TPSA) is 271 Å². The Bertz CT molecular complexity index is 4860. The van der Waals surface area contributed by atoms with Crippen LogP contribution in [0.3, 0.4) is 0 Å². The molecule has 0 atom stereocenters. The summed E-state index contributed by atoms with van der Waals surface area (Å²) in [7, 11) is 98.1. The van der Waals surface area contributed by atoms with E-state index in [1.54, 1.807) is 49.0 Å². The number of alkyl halides is 13. The van der Waals surface area contributed by atoms with E-state index in [2.05, 4.69) is 79.1 Å². The Balaban J connectivity index is 0. The molecule has 0 fully saturated rings. The maximum absolute atomic E-state index is 13.0. The lowest BCUT2D eigenvalue weighted by Crippen LogP contribution is -2.88. The van der Waals surface area contributed by atoms with Crippen molar-refractivity contribution in [2.45, 2.75) is 81.5 Å². The number of nitrogens with two attached hydrogens (primary N) is 2. The van der Waals surface area contributed by atoms with E-state index < -0.39 is 148 Å². The highest BCUT2D eigenvalue weighted by molar-refractivity contribution is 9.09. The molecule has 0 amide bonds. The molecular formula is C60H68B30BrF13N14O5S3. The number of nitrogen functional groups attached to an aromatic ring is 1. The van der Waals surface area contributed by atoms with E-state index >= 15 is 0 Å². The van der Waals surface area contributed by atoms with Gasteiger partial charge in [0.05, 0.1) is 65.9 Å². The second kappa shape index (κ2) is 57.3. The summed E-state index contributed by atoms with van der Waals surface area (Å²) in [6.45, 7) is 8.09. The number of rotatable bonds is 22. The van der Waals surface area contributed by atoms with Crippen molar-refractivity contribution in [1.82, 2.24) is 44.7 Å². The number of halogens is 14. The van der Waals surface area contributed by atoms with Gasteiger partial charge in [-0.2, -0.15) is 73.2 Å². The average molecular weight is 1810 g/mol. The molecule has 0 aliphatic rings. The molecule has 66 heteroatoms. The van der Waals surface area contributed by atoms with Crippen LogP contribution in [-0.4, -0.2) is 307 Å². The van der Waals surface area contributed by atoms with Crippen LogP contribution in [-0.2, 0) is 38.9 Å². The van der Waals surface area contributed by atoms with E-state index in [-0.39, 0.29) is 102 Å².